The highest BCUT2D eigenvalue weighted by molar-refractivity contribution is 6.15. The first kappa shape index (κ1) is 33.7. The first-order valence-corrected chi connectivity index (χ1v) is 19.7. The van der Waals surface area contributed by atoms with Crippen LogP contribution < -0.4 is 0 Å². The van der Waals surface area contributed by atoms with Crippen molar-refractivity contribution in [2.75, 3.05) is 0 Å². The van der Waals surface area contributed by atoms with E-state index < -0.39 is 0 Å². The molecule has 0 atom stereocenters. The van der Waals surface area contributed by atoms with Crippen molar-refractivity contribution in [1.29, 1.82) is 0 Å². The van der Waals surface area contributed by atoms with Crippen molar-refractivity contribution in [3.05, 3.63) is 182 Å². The van der Waals surface area contributed by atoms with Crippen LogP contribution in [0.2, 0.25) is 0 Å². The lowest BCUT2D eigenvalue weighted by molar-refractivity contribution is 0.620. The molecule has 7 aromatic carbocycles. The topological polar surface area (TPSA) is 104 Å². The molecule has 0 aliphatic rings. The SMILES string of the molecule is c1ccc(-c2nc(-c3ccccc3)nc(-c3ccc(-c4ccc(-c5cccc6c5oc5cc7nc(-c8ccnc9cccnc89)oc7cc56)c5ccccc45)cc3)n2)cc1. The standard InChI is InChI=1S/C52H30N6O2/c1-3-11-32(12-4-1)49-56-50(33-13-5-2-6-14-33)58-51(57-49)34-22-20-31(21-23-34)35-24-25-38(37-16-8-7-15-36(35)37)39-17-9-18-40-42-29-46-44(30-45(42)59-48(39)40)55-52(60-46)41-26-28-53-43-19-10-27-54-47(41)43/h1-30H. The average Bonchev–Trinajstić information content (AvgIpc) is 3.91. The number of fused-ring (bicyclic) bond motifs is 6. The molecule has 0 radical (unpaired) electrons. The summed E-state index contributed by atoms with van der Waals surface area (Å²) in [6.45, 7) is 0. The van der Waals surface area contributed by atoms with Gasteiger partial charge in [-0.25, -0.2) is 19.9 Å². The van der Waals surface area contributed by atoms with Crippen LogP contribution in [0.1, 0.15) is 0 Å². The van der Waals surface area contributed by atoms with E-state index in [4.69, 9.17) is 28.8 Å². The van der Waals surface area contributed by atoms with Gasteiger partial charge in [-0.05, 0) is 51.7 Å². The highest BCUT2D eigenvalue weighted by Crippen LogP contribution is 2.42. The van der Waals surface area contributed by atoms with Gasteiger partial charge in [0.25, 0.3) is 0 Å². The van der Waals surface area contributed by atoms with Gasteiger partial charge in [0.15, 0.2) is 23.1 Å². The molecular formula is C52H30N6O2. The van der Waals surface area contributed by atoms with Gasteiger partial charge in [0, 0.05) is 51.5 Å². The molecule has 0 N–H and O–H groups in total. The normalized spacial score (nSPS) is 11.7. The van der Waals surface area contributed by atoms with Crippen molar-refractivity contribution in [2.24, 2.45) is 0 Å². The summed E-state index contributed by atoms with van der Waals surface area (Å²) in [4.78, 5) is 28.6. The van der Waals surface area contributed by atoms with E-state index in [2.05, 4.69) is 88.8 Å². The number of hydrogen-bond donors (Lipinski definition) is 0. The van der Waals surface area contributed by atoms with E-state index in [1.807, 2.05) is 91.0 Å². The van der Waals surface area contributed by atoms with Crippen molar-refractivity contribution in [1.82, 2.24) is 29.9 Å². The fourth-order valence-electron chi connectivity index (χ4n) is 8.22. The van der Waals surface area contributed by atoms with E-state index in [1.54, 1.807) is 12.4 Å². The Kier molecular flexibility index (Phi) is 7.67. The maximum Gasteiger partial charge on any atom is 0.229 e. The summed E-state index contributed by atoms with van der Waals surface area (Å²) in [6.07, 6.45) is 3.51. The second kappa shape index (κ2) is 13.6. The number of nitrogens with zero attached hydrogens (tertiary/aromatic N) is 6. The zero-order valence-corrected chi connectivity index (χ0v) is 31.8. The lowest BCUT2D eigenvalue weighted by Crippen LogP contribution is -2.00. The molecule has 8 heteroatoms. The van der Waals surface area contributed by atoms with E-state index in [0.29, 0.717) is 34.5 Å². The third kappa shape index (κ3) is 5.61. The predicted octanol–water partition coefficient (Wildman–Crippen LogP) is 13.0. The molecule has 0 unspecified atom stereocenters. The van der Waals surface area contributed by atoms with Crippen LogP contribution in [0.5, 0.6) is 0 Å². The highest BCUT2D eigenvalue weighted by Gasteiger charge is 2.20. The fraction of sp³-hybridized carbons (Fsp3) is 0. The van der Waals surface area contributed by atoms with Crippen LogP contribution in [0.3, 0.4) is 0 Å². The number of para-hydroxylation sites is 1. The van der Waals surface area contributed by atoms with E-state index in [0.717, 1.165) is 88.3 Å². The Morgan fingerprint density at radius 2 is 0.967 bits per heavy atom. The molecule has 5 aromatic heterocycles. The van der Waals surface area contributed by atoms with E-state index >= 15 is 0 Å². The Hall–Kier alpha value is -8.36. The number of aromatic nitrogens is 6. The van der Waals surface area contributed by atoms with Crippen molar-refractivity contribution in [3.63, 3.8) is 0 Å². The van der Waals surface area contributed by atoms with Crippen LogP contribution in [0.4, 0.5) is 0 Å². The molecule has 0 amide bonds. The molecule has 12 rings (SSSR count). The summed E-state index contributed by atoms with van der Waals surface area (Å²) in [7, 11) is 0. The molecule has 0 aliphatic heterocycles. The maximum atomic E-state index is 6.70. The van der Waals surface area contributed by atoms with Crippen molar-refractivity contribution in [3.8, 4) is 67.9 Å². The third-order valence-electron chi connectivity index (χ3n) is 11.1. The summed E-state index contributed by atoms with van der Waals surface area (Å²) in [6, 6.07) is 57.5. The van der Waals surface area contributed by atoms with Gasteiger partial charge < -0.3 is 8.83 Å². The minimum Gasteiger partial charge on any atom is -0.455 e. The van der Waals surface area contributed by atoms with Crippen LogP contribution >= 0.6 is 0 Å². The lowest BCUT2D eigenvalue weighted by atomic mass is 9.91. The van der Waals surface area contributed by atoms with Crippen LogP contribution in [0.25, 0.3) is 123 Å². The van der Waals surface area contributed by atoms with Gasteiger partial charge in [-0.1, -0.05) is 140 Å². The van der Waals surface area contributed by atoms with Crippen molar-refractivity contribution in [2.45, 2.75) is 0 Å². The Bertz CT molecular complexity index is 3540. The Morgan fingerprint density at radius 3 is 1.70 bits per heavy atom. The van der Waals surface area contributed by atoms with Gasteiger partial charge >= 0.3 is 0 Å². The molecule has 12 aromatic rings. The summed E-state index contributed by atoms with van der Waals surface area (Å²) in [5.41, 5.74) is 12.4. The maximum absolute atomic E-state index is 6.70. The average molecular weight is 771 g/mol. The largest absolute Gasteiger partial charge is 0.455 e. The monoisotopic (exact) mass is 770 g/mol. The van der Waals surface area contributed by atoms with Gasteiger partial charge in [-0.15, -0.1) is 0 Å². The zero-order chi connectivity index (χ0) is 39.6. The van der Waals surface area contributed by atoms with Crippen molar-refractivity contribution < 1.29 is 8.83 Å². The molecule has 0 saturated carbocycles. The molecule has 5 heterocycles. The second-order valence-electron chi connectivity index (χ2n) is 14.7. The van der Waals surface area contributed by atoms with E-state index in [1.165, 1.54) is 0 Å². The van der Waals surface area contributed by atoms with E-state index in [9.17, 15) is 0 Å². The number of benzene rings is 7. The molecule has 0 fully saturated rings. The molecule has 0 bridgehead atoms. The minimum absolute atomic E-state index is 0.495. The summed E-state index contributed by atoms with van der Waals surface area (Å²) < 4.78 is 13.1. The van der Waals surface area contributed by atoms with Gasteiger partial charge in [-0.3, -0.25) is 9.97 Å². The first-order valence-electron chi connectivity index (χ1n) is 19.7. The van der Waals surface area contributed by atoms with Gasteiger partial charge in [-0.2, -0.15) is 0 Å². The summed E-state index contributed by atoms with van der Waals surface area (Å²) in [5.74, 6) is 2.39. The minimum atomic E-state index is 0.495. The molecule has 280 valence electrons. The van der Waals surface area contributed by atoms with E-state index in [-0.39, 0.29) is 0 Å². The highest BCUT2D eigenvalue weighted by atomic mass is 16.4. The molecule has 60 heavy (non-hydrogen) atoms. The zero-order valence-electron chi connectivity index (χ0n) is 31.8. The molecular weight excluding hydrogens is 741 g/mol. The number of furan rings is 1. The molecule has 8 nitrogen and oxygen atoms in total. The third-order valence-corrected chi connectivity index (χ3v) is 11.1. The van der Waals surface area contributed by atoms with Gasteiger partial charge in [0.2, 0.25) is 5.89 Å². The Balaban J connectivity index is 0.922. The van der Waals surface area contributed by atoms with Gasteiger partial charge in [0.1, 0.15) is 22.2 Å². The lowest BCUT2D eigenvalue weighted by Gasteiger charge is -2.13. The summed E-state index contributed by atoms with van der Waals surface area (Å²) in [5, 5.41) is 4.24. The second-order valence-corrected chi connectivity index (χ2v) is 14.7. The molecule has 0 saturated heterocycles. The smallest absolute Gasteiger partial charge is 0.229 e. The molecule has 0 aliphatic carbocycles. The van der Waals surface area contributed by atoms with Gasteiger partial charge in [0.05, 0.1) is 11.1 Å². The Morgan fingerprint density at radius 1 is 0.333 bits per heavy atom. The van der Waals surface area contributed by atoms with Crippen LogP contribution in [-0.4, -0.2) is 29.9 Å². The quantitative estimate of drug-likeness (QED) is 0.165. The van der Waals surface area contributed by atoms with Crippen LogP contribution in [-0.2, 0) is 0 Å². The number of pyridine rings is 2. The number of rotatable bonds is 6. The summed E-state index contributed by atoms with van der Waals surface area (Å²) >= 11 is 0. The molecule has 0 spiro atoms. The van der Waals surface area contributed by atoms with Crippen LogP contribution in [0, 0.1) is 0 Å². The predicted molar refractivity (Wildman–Crippen MR) is 238 cm³/mol. The van der Waals surface area contributed by atoms with Crippen LogP contribution in [0.15, 0.2) is 191 Å². The Labute approximate surface area is 342 Å². The van der Waals surface area contributed by atoms with Crippen molar-refractivity contribution >= 4 is 54.8 Å². The fourth-order valence-corrected chi connectivity index (χ4v) is 8.22. The first-order chi connectivity index (χ1) is 29.7. The number of oxazole rings is 1. The number of hydrogen-bond acceptors (Lipinski definition) is 8.